The van der Waals surface area contributed by atoms with E-state index in [0.29, 0.717) is 23.3 Å². The van der Waals surface area contributed by atoms with E-state index in [9.17, 15) is 17.2 Å². The van der Waals surface area contributed by atoms with Gasteiger partial charge in [0.25, 0.3) is 6.43 Å². The van der Waals surface area contributed by atoms with Gasteiger partial charge in [0.05, 0.1) is 10.4 Å². The SMILES string of the molecule is CS(=O)(=O)c1ccc2ncnc(NCc3ccnc(OCC(F)F)c3)c2c1. The van der Waals surface area contributed by atoms with Crippen molar-refractivity contribution in [2.45, 2.75) is 17.9 Å². The van der Waals surface area contributed by atoms with E-state index in [2.05, 4.69) is 20.3 Å². The molecule has 0 radical (unpaired) electrons. The third-order valence-corrected chi connectivity index (χ3v) is 4.76. The highest BCUT2D eigenvalue weighted by molar-refractivity contribution is 7.90. The molecule has 27 heavy (non-hydrogen) atoms. The van der Waals surface area contributed by atoms with E-state index in [1.54, 1.807) is 18.2 Å². The van der Waals surface area contributed by atoms with Gasteiger partial charge in [-0.2, -0.15) is 0 Å². The van der Waals surface area contributed by atoms with Crippen molar-refractivity contribution in [1.82, 2.24) is 15.0 Å². The molecule has 0 aliphatic heterocycles. The van der Waals surface area contributed by atoms with Gasteiger partial charge in [-0.3, -0.25) is 0 Å². The number of halogens is 2. The van der Waals surface area contributed by atoms with Crippen LogP contribution in [-0.4, -0.2) is 42.7 Å². The van der Waals surface area contributed by atoms with E-state index in [1.165, 1.54) is 24.7 Å². The lowest BCUT2D eigenvalue weighted by atomic mass is 10.2. The van der Waals surface area contributed by atoms with Crippen LogP contribution < -0.4 is 10.1 Å². The molecule has 0 amide bonds. The fourth-order valence-corrected chi connectivity index (χ4v) is 3.03. The Kier molecular flexibility index (Phi) is 5.45. The summed E-state index contributed by atoms with van der Waals surface area (Å²) < 4.78 is 52.9. The minimum Gasteiger partial charge on any atom is -0.472 e. The van der Waals surface area contributed by atoms with Crippen molar-refractivity contribution < 1.29 is 21.9 Å². The average Bonchev–Trinajstić information content (AvgIpc) is 2.64. The molecule has 0 fully saturated rings. The number of alkyl halides is 2. The Hall–Kier alpha value is -2.88. The predicted molar refractivity (Wildman–Crippen MR) is 95.7 cm³/mol. The molecule has 3 aromatic rings. The Balaban J connectivity index is 1.82. The summed E-state index contributed by atoms with van der Waals surface area (Å²) in [5, 5.41) is 3.66. The molecule has 1 aromatic carbocycles. The first kappa shape index (κ1) is 18.9. The number of pyridine rings is 1. The van der Waals surface area contributed by atoms with Gasteiger partial charge in [-0.25, -0.2) is 32.2 Å². The maximum Gasteiger partial charge on any atom is 0.272 e. The number of nitrogens with zero attached hydrogens (tertiary/aromatic N) is 3. The Morgan fingerprint density at radius 3 is 2.70 bits per heavy atom. The van der Waals surface area contributed by atoms with Gasteiger partial charge in [0, 0.05) is 30.4 Å². The van der Waals surface area contributed by atoms with Gasteiger partial charge in [0.1, 0.15) is 12.1 Å². The van der Waals surface area contributed by atoms with Crippen molar-refractivity contribution in [2.24, 2.45) is 0 Å². The topological polar surface area (TPSA) is 94.1 Å². The monoisotopic (exact) mass is 394 g/mol. The smallest absolute Gasteiger partial charge is 0.272 e. The summed E-state index contributed by atoms with van der Waals surface area (Å²) in [6.07, 6.45) is 1.37. The maximum atomic E-state index is 12.2. The molecule has 0 aliphatic carbocycles. The highest BCUT2D eigenvalue weighted by Crippen LogP contribution is 2.23. The summed E-state index contributed by atoms with van der Waals surface area (Å²) in [6, 6.07) is 7.86. The van der Waals surface area contributed by atoms with Crippen molar-refractivity contribution in [2.75, 3.05) is 18.2 Å². The number of ether oxygens (including phenoxy) is 1. The molecule has 0 unspecified atom stereocenters. The van der Waals surface area contributed by atoms with E-state index >= 15 is 0 Å². The number of rotatable bonds is 7. The van der Waals surface area contributed by atoms with Crippen molar-refractivity contribution >= 4 is 26.6 Å². The molecule has 0 bridgehead atoms. The zero-order valence-corrected chi connectivity index (χ0v) is 15.1. The molecule has 10 heteroatoms. The molecule has 0 aliphatic rings. The van der Waals surface area contributed by atoms with Crippen LogP contribution in [-0.2, 0) is 16.4 Å². The minimum absolute atomic E-state index is 0.0986. The van der Waals surface area contributed by atoms with Crippen molar-refractivity contribution in [3.63, 3.8) is 0 Å². The van der Waals surface area contributed by atoms with Crippen molar-refractivity contribution in [3.8, 4) is 5.88 Å². The lowest BCUT2D eigenvalue weighted by Gasteiger charge is -2.10. The molecule has 0 spiro atoms. The number of benzene rings is 1. The summed E-state index contributed by atoms with van der Waals surface area (Å²) in [5.74, 6) is 0.555. The van der Waals surface area contributed by atoms with Gasteiger partial charge >= 0.3 is 0 Å². The van der Waals surface area contributed by atoms with Gasteiger partial charge < -0.3 is 10.1 Å². The lowest BCUT2D eigenvalue weighted by Crippen LogP contribution is -2.09. The second-order valence-corrected chi connectivity index (χ2v) is 7.75. The molecule has 0 saturated heterocycles. The molecule has 1 N–H and O–H groups in total. The van der Waals surface area contributed by atoms with E-state index in [0.717, 1.165) is 11.8 Å². The number of anilines is 1. The van der Waals surface area contributed by atoms with Gasteiger partial charge in [0.15, 0.2) is 16.4 Å². The number of hydrogen-bond donors (Lipinski definition) is 1. The quantitative estimate of drug-likeness (QED) is 0.658. The summed E-state index contributed by atoms with van der Waals surface area (Å²) >= 11 is 0. The van der Waals surface area contributed by atoms with E-state index < -0.39 is 22.9 Å². The second-order valence-electron chi connectivity index (χ2n) is 5.73. The molecule has 7 nitrogen and oxygen atoms in total. The van der Waals surface area contributed by atoms with Crippen LogP contribution in [0.25, 0.3) is 10.9 Å². The van der Waals surface area contributed by atoms with Gasteiger partial charge in [-0.05, 0) is 29.8 Å². The first-order chi connectivity index (χ1) is 12.8. The van der Waals surface area contributed by atoms with Crippen LogP contribution in [0.2, 0.25) is 0 Å². The van der Waals surface area contributed by atoms with E-state index in [-0.39, 0.29) is 10.8 Å². The Morgan fingerprint density at radius 1 is 1.15 bits per heavy atom. The number of nitrogens with one attached hydrogen (secondary N) is 1. The first-order valence-electron chi connectivity index (χ1n) is 7.87. The van der Waals surface area contributed by atoms with Crippen LogP contribution in [0.1, 0.15) is 5.56 Å². The van der Waals surface area contributed by atoms with Crippen LogP contribution in [0.3, 0.4) is 0 Å². The Labute approximate surface area is 154 Å². The Bertz CT molecular complexity index is 1060. The number of sulfone groups is 1. The molecular weight excluding hydrogens is 378 g/mol. The standard InChI is InChI=1S/C17H16F2N4O3S/c1-27(24,25)12-2-3-14-13(7-12)17(23-10-22-14)21-8-11-4-5-20-16(6-11)26-9-15(18)19/h2-7,10,15H,8-9H2,1H3,(H,21,22,23). The van der Waals surface area contributed by atoms with Crippen LogP contribution in [0.4, 0.5) is 14.6 Å². The van der Waals surface area contributed by atoms with Gasteiger partial charge in [-0.15, -0.1) is 0 Å². The number of hydrogen-bond acceptors (Lipinski definition) is 7. The number of aromatic nitrogens is 3. The highest BCUT2D eigenvalue weighted by Gasteiger charge is 2.11. The third-order valence-electron chi connectivity index (χ3n) is 3.65. The summed E-state index contributed by atoms with van der Waals surface area (Å²) in [7, 11) is -3.37. The molecule has 0 atom stereocenters. The minimum atomic E-state index is -3.37. The summed E-state index contributed by atoms with van der Waals surface area (Å²) in [6.45, 7) is -0.419. The second kappa shape index (κ2) is 7.78. The van der Waals surface area contributed by atoms with Gasteiger partial charge in [0.2, 0.25) is 5.88 Å². The van der Waals surface area contributed by atoms with Crippen molar-refractivity contribution in [1.29, 1.82) is 0 Å². The first-order valence-corrected chi connectivity index (χ1v) is 9.76. The molecule has 2 aromatic heterocycles. The van der Waals surface area contributed by atoms with Gasteiger partial charge in [-0.1, -0.05) is 0 Å². The lowest BCUT2D eigenvalue weighted by molar-refractivity contribution is 0.0795. The molecular formula is C17H16F2N4O3S. The van der Waals surface area contributed by atoms with Crippen molar-refractivity contribution in [3.05, 3.63) is 48.4 Å². The predicted octanol–water partition coefficient (Wildman–Crippen LogP) is 2.68. The molecule has 2 heterocycles. The largest absolute Gasteiger partial charge is 0.472 e. The maximum absolute atomic E-state index is 12.2. The van der Waals surface area contributed by atoms with E-state index in [1.807, 2.05) is 0 Å². The fourth-order valence-electron chi connectivity index (χ4n) is 2.38. The van der Waals surface area contributed by atoms with E-state index in [4.69, 9.17) is 4.74 Å². The van der Waals surface area contributed by atoms with Crippen LogP contribution >= 0.6 is 0 Å². The van der Waals surface area contributed by atoms with Crippen LogP contribution in [0.5, 0.6) is 5.88 Å². The summed E-state index contributed by atoms with van der Waals surface area (Å²) in [5.41, 5.74) is 1.33. The molecule has 0 saturated carbocycles. The zero-order chi connectivity index (χ0) is 19.4. The Morgan fingerprint density at radius 2 is 1.96 bits per heavy atom. The summed E-state index contributed by atoms with van der Waals surface area (Å²) in [4.78, 5) is 12.3. The van der Waals surface area contributed by atoms with Crippen LogP contribution in [0.15, 0.2) is 47.8 Å². The normalized spacial score (nSPS) is 11.7. The zero-order valence-electron chi connectivity index (χ0n) is 14.3. The van der Waals surface area contributed by atoms with Crippen LogP contribution in [0, 0.1) is 0 Å². The third kappa shape index (κ3) is 4.85. The molecule has 3 rings (SSSR count). The number of fused-ring (bicyclic) bond motifs is 1. The molecule has 142 valence electrons. The average molecular weight is 394 g/mol. The highest BCUT2D eigenvalue weighted by atomic mass is 32.2. The fraction of sp³-hybridized carbons (Fsp3) is 0.235.